The van der Waals surface area contributed by atoms with Gasteiger partial charge in [-0.2, -0.15) is 0 Å². The van der Waals surface area contributed by atoms with E-state index < -0.39 is 5.60 Å². The zero-order chi connectivity index (χ0) is 25.4. The molecule has 10 nitrogen and oxygen atoms in total. The first-order chi connectivity index (χ1) is 17.2. The number of hydrogen-bond donors (Lipinski definition) is 1. The number of rotatable bonds is 5. The number of imidazole rings is 1. The van der Waals surface area contributed by atoms with E-state index >= 15 is 0 Å². The van der Waals surface area contributed by atoms with Crippen molar-refractivity contribution >= 4 is 50.8 Å². The van der Waals surface area contributed by atoms with Gasteiger partial charge in [-0.15, -0.1) is 0 Å². The third-order valence-corrected chi connectivity index (χ3v) is 7.64. The molecule has 0 saturated carbocycles. The van der Waals surface area contributed by atoms with Crippen molar-refractivity contribution in [3.05, 3.63) is 34.7 Å². The van der Waals surface area contributed by atoms with Crippen molar-refractivity contribution in [3.63, 3.8) is 0 Å². The van der Waals surface area contributed by atoms with E-state index in [4.69, 9.17) is 24.9 Å². The maximum absolute atomic E-state index is 12.6. The van der Waals surface area contributed by atoms with Crippen LogP contribution < -0.4 is 15.2 Å². The van der Waals surface area contributed by atoms with Crippen molar-refractivity contribution in [1.82, 2.24) is 24.4 Å². The topological polar surface area (TPSA) is 118 Å². The second-order valence-electron chi connectivity index (χ2n) is 9.53. The minimum absolute atomic E-state index is 0.204. The van der Waals surface area contributed by atoms with Crippen LogP contribution in [0.5, 0.6) is 11.5 Å². The third kappa shape index (κ3) is 5.24. The standard InChI is InChI=1S/C24H27BrN6O4S/c1-24(2,3)35-23(32)30-7-4-5-14(11-30)6-8-31-21-19(20(26)27-12-28-21)29-22(31)36-18-10-17-16(9-15(18)25)33-13-34-17/h9-12H,4-8,13H2,1-3H3,(H2,26,27,28). The molecular weight excluding hydrogens is 548 g/mol. The average Bonchev–Trinajstić information content (AvgIpc) is 3.41. The largest absolute Gasteiger partial charge is 0.454 e. The Balaban J connectivity index is 1.41. The summed E-state index contributed by atoms with van der Waals surface area (Å²) in [5, 5.41) is 0.733. The van der Waals surface area contributed by atoms with E-state index in [9.17, 15) is 4.79 Å². The fraction of sp³-hybridized carbons (Fsp3) is 0.417. The molecule has 36 heavy (non-hydrogen) atoms. The van der Waals surface area contributed by atoms with Gasteiger partial charge in [0, 0.05) is 28.7 Å². The number of anilines is 1. The molecule has 0 fully saturated rings. The number of hydrogen-bond acceptors (Lipinski definition) is 9. The molecule has 5 rings (SSSR count). The molecule has 2 aliphatic rings. The Labute approximate surface area is 221 Å². The number of ether oxygens (including phenoxy) is 3. The molecule has 0 spiro atoms. The van der Waals surface area contributed by atoms with Gasteiger partial charge >= 0.3 is 6.09 Å². The SMILES string of the molecule is CC(C)(C)OC(=O)N1C=C(CCn2c(Sc3cc4c(cc3Br)OCO4)nc3c(N)ncnc32)CCC1. The normalized spacial score (nSPS) is 15.3. The van der Waals surface area contributed by atoms with Gasteiger partial charge in [-0.05, 0) is 68.1 Å². The van der Waals surface area contributed by atoms with E-state index in [-0.39, 0.29) is 12.9 Å². The van der Waals surface area contributed by atoms with Crippen LogP contribution in [0.2, 0.25) is 0 Å². The Morgan fingerprint density at radius 3 is 2.81 bits per heavy atom. The Hall–Kier alpha value is -2.99. The number of aryl methyl sites for hydroxylation is 1. The number of fused-ring (bicyclic) bond motifs is 2. The number of nitrogens with zero attached hydrogens (tertiary/aromatic N) is 5. The summed E-state index contributed by atoms with van der Waals surface area (Å²) >= 11 is 5.11. The summed E-state index contributed by atoms with van der Waals surface area (Å²) in [7, 11) is 0. The second kappa shape index (κ2) is 9.81. The van der Waals surface area contributed by atoms with Gasteiger partial charge in [0.15, 0.2) is 33.6 Å². The molecular formula is C24H27BrN6O4S. The number of carbonyl (C=O) groups is 1. The molecule has 2 N–H and O–H groups in total. The molecule has 1 aromatic carbocycles. The van der Waals surface area contributed by atoms with Crippen LogP contribution in [0.25, 0.3) is 11.2 Å². The summed E-state index contributed by atoms with van der Waals surface area (Å²) in [5.41, 5.74) is 7.98. The van der Waals surface area contributed by atoms with Crippen LogP contribution in [0.1, 0.15) is 40.0 Å². The molecule has 4 heterocycles. The van der Waals surface area contributed by atoms with Crippen LogP contribution in [0.4, 0.5) is 10.6 Å². The van der Waals surface area contributed by atoms with Gasteiger partial charge in [0.2, 0.25) is 6.79 Å². The van der Waals surface area contributed by atoms with Gasteiger partial charge in [-0.1, -0.05) is 17.3 Å². The van der Waals surface area contributed by atoms with Crippen molar-refractivity contribution < 1.29 is 19.0 Å². The van der Waals surface area contributed by atoms with Gasteiger partial charge in [0.1, 0.15) is 11.9 Å². The highest BCUT2D eigenvalue weighted by molar-refractivity contribution is 9.10. The predicted molar refractivity (Wildman–Crippen MR) is 139 cm³/mol. The predicted octanol–water partition coefficient (Wildman–Crippen LogP) is 5.36. The molecule has 2 aliphatic heterocycles. The van der Waals surface area contributed by atoms with Gasteiger partial charge in [0.05, 0.1) is 0 Å². The van der Waals surface area contributed by atoms with Gasteiger partial charge in [-0.3, -0.25) is 4.90 Å². The number of halogens is 1. The van der Waals surface area contributed by atoms with Crippen molar-refractivity contribution in [2.75, 3.05) is 19.1 Å². The summed E-state index contributed by atoms with van der Waals surface area (Å²) in [6.07, 6.45) is 5.57. The molecule has 0 saturated heterocycles. The molecule has 190 valence electrons. The van der Waals surface area contributed by atoms with Crippen molar-refractivity contribution in [2.24, 2.45) is 0 Å². The number of allylic oxidation sites excluding steroid dienone is 1. The van der Waals surface area contributed by atoms with Gasteiger partial charge < -0.3 is 24.5 Å². The maximum Gasteiger partial charge on any atom is 0.414 e. The number of nitrogens with two attached hydrogens (primary N) is 1. The number of nitrogen functional groups attached to an aromatic ring is 1. The number of aromatic nitrogens is 4. The van der Waals surface area contributed by atoms with Crippen molar-refractivity contribution in [3.8, 4) is 11.5 Å². The first-order valence-corrected chi connectivity index (χ1v) is 13.2. The molecule has 12 heteroatoms. The summed E-state index contributed by atoms with van der Waals surface area (Å²) in [6.45, 7) is 7.08. The molecule has 0 aliphatic carbocycles. The lowest BCUT2D eigenvalue weighted by molar-refractivity contribution is 0.0323. The highest BCUT2D eigenvalue weighted by atomic mass is 79.9. The summed E-state index contributed by atoms with van der Waals surface area (Å²) in [6, 6.07) is 3.82. The molecule has 1 amide bonds. The first-order valence-electron chi connectivity index (χ1n) is 11.6. The Bertz CT molecular complexity index is 1350. The van der Waals surface area contributed by atoms with E-state index in [2.05, 4.69) is 25.9 Å². The first kappa shape index (κ1) is 24.7. The maximum atomic E-state index is 12.6. The quantitative estimate of drug-likeness (QED) is 0.429. The second-order valence-corrected chi connectivity index (χ2v) is 11.4. The van der Waals surface area contributed by atoms with Crippen LogP contribution in [0, 0.1) is 0 Å². The van der Waals surface area contributed by atoms with Crippen LogP contribution >= 0.6 is 27.7 Å². The van der Waals surface area contributed by atoms with Crippen LogP contribution in [0.15, 0.2) is 44.8 Å². The smallest absolute Gasteiger partial charge is 0.414 e. The lowest BCUT2D eigenvalue weighted by Crippen LogP contribution is -2.35. The molecule has 0 unspecified atom stereocenters. The molecule has 0 radical (unpaired) electrons. The van der Waals surface area contributed by atoms with Crippen molar-refractivity contribution in [2.45, 2.75) is 62.2 Å². The number of benzene rings is 1. The molecule has 3 aromatic rings. The summed E-state index contributed by atoms with van der Waals surface area (Å²) < 4.78 is 19.5. The lowest BCUT2D eigenvalue weighted by atomic mass is 10.0. The fourth-order valence-electron chi connectivity index (χ4n) is 4.02. The zero-order valence-electron chi connectivity index (χ0n) is 20.3. The Morgan fingerprint density at radius 1 is 1.25 bits per heavy atom. The van der Waals surface area contributed by atoms with E-state index in [1.165, 1.54) is 18.1 Å². The van der Waals surface area contributed by atoms with Crippen LogP contribution in [-0.2, 0) is 11.3 Å². The fourth-order valence-corrected chi connectivity index (χ4v) is 5.53. The van der Waals surface area contributed by atoms with Crippen LogP contribution in [0.3, 0.4) is 0 Å². The summed E-state index contributed by atoms with van der Waals surface area (Å²) in [4.78, 5) is 28.5. The monoisotopic (exact) mass is 574 g/mol. The van der Waals surface area contributed by atoms with Gasteiger partial charge in [0.25, 0.3) is 0 Å². The summed E-state index contributed by atoms with van der Waals surface area (Å²) in [5.74, 6) is 1.73. The highest BCUT2D eigenvalue weighted by Gasteiger charge is 2.24. The van der Waals surface area contributed by atoms with E-state index in [1.807, 2.05) is 43.7 Å². The lowest BCUT2D eigenvalue weighted by Gasteiger charge is -2.28. The minimum Gasteiger partial charge on any atom is -0.454 e. The number of carbonyl (C=O) groups excluding carboxylic acids is 1. The van der Waals surface area contributed by atoms with E-state index in [0.29, 0.717) is 41.6 Å². The van der Waals surface area contributed by atoms with E-state index in [1.54, 1.807) is 4.90 Å². The van der Waals surface area contributed by atoms with Gasteiger partial charge in [-0.25, -0.2) is 19.7 Å². The Morgan fingerprint density at radius 2 is 2.03 bits per heavy atom. The van der Waals surface area contributed by atoms with E-state index in [0.717, 1.165) is 39.4 Å². The van der Waals surface area contributed by atoms with Crippen LogP contribution in [-0.4, -0.2) is 49.5 Å². The molecule has 0 bridgehead atoms. The molecule has 0 atom stereocenters. The zero-order valence-corrected chi connectivity index (χ0v) is 22.7. The minimum atomic E-state index is -0.535. The van der Waals surface area contributed by atoms with Crippen molar-refractivity contribution in [1.29, 1.82) is 0 Å². The Kier molecular flexibility index (Phi) is 6.73. The highest BCUT2D eigenvalue weighted by Crippen LogP contribution is 2.43. The third-order valence-electron chi connectivity index (χ3n) is 5.67. The number of amides is 1. The molecule has 2 aromatic heterocycles. The average molecular weight is 575 g/mol.